The summed E-state index contributed by atoms with van der Waals surface area (Å²) in [6, 6.07) is 0.309. The van der Waals surface area contributed by atoms with Crippen molar-refractivity contribution in [2.45, 2.75) is 46.7 Å². The Morgan fingerprint density at radius 2 is 1.80 bits per heavy atom. The van der Waals surface area contributed by atoms with Crippen LogP contribution in [0, 0.1) is 11.1 Å². The van der Waals surface area contributed by atoms with Crippen LogP contribution in [0.3, 0.4) is 0 Å². The van der Waals surface area contributed by atoms with Gasteiger partial charge in [0.15, 0.2) is 0 Å². The third kappa shape index (κ3) is 3.55. The fraction of sp³-hybridized carbons (Fsp3) is 0.889. The van der Waals surface area contributed by atoms with E-state index in [2.05, 4.69) is 5.81 Å². The van der Waals surface area contributed by atoms with Crippen LogP contribution in [0.5, 0.6) is 0 Å². The first kappa shape index (κ1) is 15.1. The molecule has 0 fully saturated rings. The van der Waals surface area contributed by atoms with Gasteiger partial charge in [0.25, 0.3) is 0 Å². The molecule has 0 unspecified atom stereocenters. The van der Waals surface area contributed by atoms with Gasteiger partial charge in [0.05, 0.1) is 0 Å². The van der Waals surface area contributed by atoms with Crippen LogP contribution in [-0.4, -0.2) is 23.4 Å². The Bertz CT molecular complexity index is 225. The molecule has 0 saturated heterocycles. The molecule has 0 atom stereocenters. The Balaban J connectivity index is 5.09. The summed E-state index contributed by atoms with van der Waals surface area (Å²) in [5.74, 6) is 2.12. The van der Waals surface area contributed by atoms with Crippen molar-refractivity contribution in [3.8, 4) is 5.81 Å². The Kier molecular flexibility index (Phi) is 6.66. The molecular weight excluding hydrogens is 235 g/mol. The molecule has 4 nitrogen and oxygen atoms in total. The van der Waals surface area contributed by atoms with Crippen molar-refractivity contribution in [2.24, 2.45) is 0 Å². The normalized spacial score (nSPS) is 13.6. The quantitative estimate of drug-likeness (QED) is 0.683. The average Bonchev–Trinajstić information content (AvgIpc) is 2.15. The molecule has 0 aliphatic rings. The molecule has 0 rings (SSSR count). The molecule has 0 N–H and O–H groups in total. The Morgan fingerprint density at radius 3 is 2.00 bits per heavy atom. The first-order valence-electron chi connectivity index (χ1n) is 5.08. The van der Waals surface area contributed by atoms with Gasteiger partial charge in [-0.05, 0) is 0 Å². The molecular formula is C9H20ClN2O2P. The van der Waals surface area contributed by atoms with Crippen molar-refractivity contribution in [2.75, 3.05) is 6.61 Å². The van der Waals surface area contributed by atoms with E-state index in [-0.39, 0.29) is 12.1 Å². The Hall–Kier alpha value is 0.0900. The summed E-state index contributed by atoms with van der Waals surface area (Å²) in [5, 5.41) is 9.21. The number of nitrogens with zero attached hydrogens (tertiary/aromatic N) is 2. The predicted octanol–water partition coefficient (Wildman–Crippen LogP) is 3.29. The molecule has 90 valence electrons. The van der Waals surface area contributed by atoms with Crippen molar-refractivity contribution in [1.29, 1.82) is 5.26 Å². The van der Waals surface area contributed by atoms with Gasteiger partial charge in [-0.1, -0.05) is 0 Å². The van der Waals surface area contributed by atoms with Gasteiger partial charge in [0.1, 0.15) is 0 Å². The third-order valence-corrected chi connectivity index (χ3v) is 5.55. The zero-order valence-corrected chi connectivity index (χ0v) is 11.7. The fourth-order valence-electron chi connectivity index (χ4n) is 1.72. The molecule has 0 aromatic rings. The molecule has 0 saturated carbocycles. The van der Waals surface area contributed by atoms with Crippen molar-refractivity contribution in [3.05, 3.63) is 0 Å². The van der Waals surface area contributed by atoms with E-state index in [0.717, 1.165) is 0 Å². The number of hydrogen-bond donors (Lipinski definition) is 0. The second kappa shape index (κ2) is 6.62. The Labute approximate surface area is 97.8 Å². The van der Waals surface area contributed by atoms with Gasteiger partial charge in [0.2, 0.25) is 0 Å². The first-order valence-corrected chi connectivity index (χ1v) is 7.15. The predicted molar refractivity (Wildman–Crippen MR) is 64.6 cm³/mol. The van der Waals surface area contributed by atoms with Crippen LogP contribution in [0.1, 0.15) is 34.6 Å². The van der Waals surface area contributed by atoms with Crippen LogP contribution in [0.15, 0.2) is 0 Å². The van der Waals surface area contributed by atoms with Crippen molar-refractivity contribution < 1.29 is 8.60 Å². The summed E-state index contributed by atoms with van der Waals surface area (Å²) >= 11 is 5.46. The van der Waals surface area contributed by atoms with E-state index in [1.54, 1.807) is 0 Å². The van der Waals surface area contributed by atoms with Crippen molar-refractivity contribution in [1.82, 2.24) is 4.67 Å². The van der Waals surface area contributed by atoms with Crippen LogP contribution >= 0.6 is 19.7 Å². The van der Waals surface area contributed by atoms with Gasteiger partial charge in [-0.25, -0.2) is 0 Å². The summed E-state index contributed by atoms with van der Waals surface area (Å²) in [6.45, 7) is 10.2. The second-order valence-corrected chi connectivity index (χ2v) is 6.61. The van der Waals surface area contributed by atoms with Crippen molar-refractivity contribution >= 4 is 19.7 Å². The van der Waals surface area contributed by atoms with E-state index in [1.165, 1.54) is 0 Å². The maximum absolute atomic E-state index is 9.21. The second-order valence-electron chi connectivity index (χ2n) is 3.80. The SMILES string of the molecule is CCO[PH](C#N)(OCl)N(C(C)C)C(C)C. The summed E-state index contributed by atoms with van der Waals surface area (Å²) in [4.78, 5) is 0. The zero-order valence-electron chi connectivity index (χ0n) is 9.95. The molecule has 0 spiro atoms. The molecule has 0 aliphatic carbocycles. The molecule has 0 radical (unpaired) electrons. The third-order valence-electron chi connectivity index (χ3n) is 2.04. The fourth-order valence-corrected chi connectivity index (χ4v) is 4.43. The van der Waals surface area contributed by atoms with Crippen LogP contribution in [-0.2, 0) is 8.60 Å². The van der Waals surface area contributed by atoms with E-state index >= 15 is 0 Å². The van der Waals surface area contributed by atoms with Gasteiger partial charge in [-0.15, -0.1) is 0 Å². The number of rotatable bonds is 6. The standard InChI is InChI=1S/C9H20ClN2O2P/c1-6-13-15(7-11,14-10)12(8(2)3)9(4)5/h8-9,15H,6H2,1-5H3. The van der Waals surface area contributed by atoms with E-state index in [1.807, 2.05) is 39.3 Å². The molecule has 0 bridgehead atoms. The molecule has 0 aromatic heterocycles. The zero-order chi connectivity index (χ0) is 12.1. The van der Waals surface area contributed by atoms with E-state index in [4.69, 9.17) is 20.5 Å². The average molecular weight is 255 g/mol. The van der Waals surface area contributed by atoms with E-state index in [9.17, 15) is 5.26 Å². The molecule has 0 aliphatic heterocycles. The Morgan fingerprint density at radius 1 is 1.33 bits per heavy atom. The van der Waals surface area contributed by atoms with Crippen LogP contribution < -0.4 is 0 Å². The molecule has 0 aromatic carbocycles. The van der Waals surface area contributed by atoms with Gasteiger partial charge in [-0.2, -0.15) is 0 Å². The van der Waals surface area contributed by atoms with Gasteiger partial charge in [0, 0.05) is 0 Å². The summed E-state index contributed by atoms with van der Waals surface area (Å²) in [5.41, 5.74) is 0. The summed E-state index contributed by atoms with van der Waals surface area (Å²) in [6.07, 6.45) is 0. The summed E-state index contributed by atoms with van der Waals surface area (Å²) in [7, 11) is -3.09. The monoisotopic (exact) mass is 254 g/mol. The minimum atomic E-state index is -3.09. The van der Waals surface area contributed by atoms with Crippen molar-refractivity contribution in [3.63, 3.8) is 0 Å². The topological polar surface area (TPSA) is 45.5 Å². The van der Waals surface area contributed by atoms with Crippen LogP contribution in [0.25, 0.3) is 0 Å². The van der Waals surface area contributed by atoms with Gasteiger partial charge < -0.3 is 0 Å². The number of nitriles is 1. The van der Waals surface area contributed by atoms with Crippen LogP contribution in [0.4, 0.5) is 0 Å². The van der Waals surface area contributed by atoms with E-state index in [0.29, 0.717) is 6.61 Å². The molecule has 0 heterocycles. The van der Waals surface area contributed by atoms with Gasteiger partial charge >= 0.3 is 97.4 Å². The molecule has 15 heavy (non-hydrogen) atoms. The van der Waals surface area contributed by atoms with Gasteiger partial charge in [-0.3, -0.25) is 0 Å². The number of halogens is 1. The molecule has 6 heteroatoms. The maximum atomic E-state index is 9.21. The van der Waals surface area contributed by atoms with E-state index < -0.39 is 7.87 Å². The number of hydrogen-bond acceptors (Lipinski definition) is 4. The van der Waals surface area contributed by atoms with Crippen LogP contribution in [0.2, 0.25) is 0 Å². The first-order chi connectivity index (χ1) is 6.95. The molecule has 0 amide bonds. The summed E-state index contributed by atoms with van der Waals surface area (Å²) < 4.78 is 12.2. The minimum absolute atomic E-state index is 0.154.